The number of carbonyl (C=O) groups excluding carboxylic acids is 1. The van der Waals surface area contributed by atoms with Crippen LogP contribution in [0.4, 0.5) is 0 Å². The lowest BCUT2D eigenvalue weighted by Gasteiger charge is -2.30. The summed E-state index contributed by atoms with van der Waals surface area (Å²) in [5, 5.41) is 0. The van der Waals surface area contributed by atoms with Crippen molar-refractivity contribution in [3.8, 4) is 5.75 Å². The van der Waals surface area contributed by atoms with Crippen LogP contribution in [-0.4, -0.2) is 5.97 Å². The van der Waals surface area contributed by atoms with Crippen molar-refractivity contribution in [3.05, 3.63) is 65.2 Å². The number of hydrogen-bond acceptors (Lipinski definition) is 2. The van der Waals surface area contributed by atoms with E-state index in [2.05, 4.69) is 32.9 Å². The molecule has 1 fully saturated rings. The first kappa shape index (κ1) is 21.6. The van der Waals surface area contributed by atoms with E-state index in [0.717, 1.165) is 24.7 Å². The zero-order valence-electron chi connectivity index (χ0n) is 18.3. The lowest BCUT2D eigenvalue weighted by atomic mass is 9.75. The molecule has 0 spiro atoms. The molecule has 0 N–H and O–H groups in total. The molecule has 1 atom stereocenters. The summed E-state index contributed by atoms with van der Waals surface area (Å²) in [6.07, 6.45) is 10.1. The van der Waals surface area contributed by atoms with E-state index in [1.54, 1.807) is 0 Å². The highest BCUT2D eigenvalue weighted by Crippen LogP contribution is 2.38. The molecule has 0 aliphatic heterocycles. The molecule has 0 amide bonds. The smallest absolute Gasteiger partial charge is 0.343 e. The topological polar surface area (TPSA) is 26.3 Å². The monoisotopic (exact) mass is 392 g/mol. The highest BCUT2D eigenvalue weighted by molar-refractivity contribution is 5.91. The van der Waals surface area contributed by atoms with Gasteiger partial charge in [0.05, 0.1) is 5.56 Å². The molecule has 1 saturated carbocycles. The van der Waals surface area contributed by atoms with Crippen molar-refractivity contribution in [3.63, 3.8) is 0 Å². The molecule has 1 aliphatic rings. The first-order valence-electron chi connectivity index (χ1n) is 11.5. The maximum Gasteiger partial charge on any atom is 0.343 e. The van der Waals surface area contributed by atoms with Crippen LogP contribution in [0.5, 0.6) is 5.75 Å². The van der Waals surface area contributed by atoms with Gasteiger partial charge in [-0.15, -0.1) is 0 Å². The molecule has 2 aromatic rings. The second-order valence-electron chi connectivity index (χ2n) is 8.87. The van der Waals surface area contributed by atoms with Crippen LogP contribution in [-0.2, 0) is 6.42 Å². The third kappa shape index (κ3) is 6.19. The summed E-state index contributed by atoms with van der Waals surface area (Å²) in [7, 11) is 0. The van der Waals surface area contributed by atoms with E-state index in [9.17, 15) is 4.79 Å². The van der Waals surface area contributed by atoms with Crippen molar-refractivity contribution >= 4 is 5.97 Å². The molecule has 2 nitrogen and oxygen atoms in total. The quantitative estimate of drug-likeness (QED) is 0.342. The molecule has 29 heavy (non-hydrogen) atoms. The zero-order chi connectivity index (χ0) is 20.6. The fourth-order valence-corrected chi connectivity index (χ4v) is 4.54. The SMILES string of the molecule is CCCc1ccc(OC(=O)c2ccc(C3CCC(CC(C)CC)CC3)cc2)cc1. The van der Waals surface area contributed by atoms with Gasteiger partial charge in [0.25, 0.3) is 0 Å². The minimum atomic E-state index is -0.281. The van der Waals surface area contributed by atoms with E-state index in [1.807, 2.05) is 36.4 Å². The molecule has 2 heteroatoms. The van der Waals surface area contributed by atoms with E-state index < -0.39 is 0 Å². The number of benzene rings is 2. The van der Waals surface area contributed by atoms with Crippen molar-refractivity contribution < 1.29 is 9.53 Å². The minimum absolute atomic E-state index is 0.281. The summed E-state index contributed by atoms with van der Waals surface area (Å²) >= 11 is 0. The molecule has 2 aromatic carbocycles. The number of rotatable bonds is 8. The highest BCUT2D eigenvalue weighted by Gasteiger charge is 2.23. The standard InChI is InChI=1S/C27H36O2/c1-4-6-21-9-17-26(18-10-21)29-27(28)25-15-13-24(14-16-25)23-11-7-22(8-12-23)19-20(3)5-2/h9-10,13-18,20,22-23H,4-8,11-12,19H2,1-3H3. The van der Waals surface area contributed by atoms with Crippen molar-refractivity contribution in [2.45, 2.75) is 78.1 Å². The lowest BCUT2D eigenvalue weighted by Crippen LogP contribution is -2.16. The van der Waals surface area contributed by atoms with Gasteiger partial charge in [0.15, 0.2) is 0 Å². The summed E-state index contributed by atoms with van der Waals surface area (Å²) in [5.41, 5.74) is 3.26. The normalized spacial score (nSPS) is 20.2. The molecule has 3 rings (SSSR count). The van der Waals surface area contributed by atoms with Gasteiger partial charge in [-0.1, -0.05) is 57.9 Å². The van der Waals surface area contributed by atoms with Gasteiger partial charge in [0.2, 0.25) is 0 Å². The first-order valence-corrected chi connectivity index (χ1v) is 11.5. The predicted octanol–water partition coefficient (Wildman–Crippen LogP) is 7.57. The molecule has 1 unspecified atom stereocenters. The van der Waals surface area contributed by atoms with Gasteiger partial charge in [0, 0.05) is 0 Å². The number of ether oxygens (including phenoxy) is 1. The summed E-state index contributed by atoms with van der Waals surface area (Å²) in [6, 6.07) is 15.9. The van der Waals surface area contributed by atoms with Crippen LogP contribution in [0.2, 0.25) is 0 Å². The van der Waals surface area contributed by atoms with Crippen molar-refractivity contribution in [1.82, 2.24) is 0 Å². The Balaban J connectivity index is 1.52. The van der Waals surface area contributed by atoms with Crippen molar-refractivity contribution in [2.75, 3.05) is 0 Å². The van der Waals surface area contributed by atoms with Crippen molar-refractivity contribution in [1.29, 1.82) is 0 Å². The van der Waals surface area contributed by atoms with E-state index >= 15 is 0 Å². The Labute approximate surface area is 176 Å². The Hall–Kier alpha value is -2.09. The van der Waals surface area contributed by atoms with Crippen molar-refractivity contribution in [2.24, 2.45) is 11.8 Å². The fraction of sp³-hybridized carbons (Fsp3) is 0.519. The predicted molar refractivity (Wildman–Crippen MR) is 121 cm³/mol. The Morgan fingerprint density at radius 1 is 0.966 bits per heavy atom. The Morgan fingerprint density at radius 3 is 2.21 bits per heavy atom. The summed E-state index contributed by atoms with van der Waals surface area (Å²) in [6.45, 7) is 6.84. The summed E-state index contributed by atoms with van der Waals surface area (Å²) in [5.74, 6) is 2.72. The van der Waals surface area contributed by atoms with E-state index in [-0.39, 0.29) is 5.97 Å². The molecule has 156 valence electrons. The van der Waals surface area contributed by atoms with Crippen LogP contribution in [0.1, 0.15) is 93.1 Å². The lowest BCUT2D eigenvalue weighted by molar-refractivity contribution is 0.0734. The number of carbonyl (C=O) groups is 1. The Bertz CT molecular complexity index is 752. The molecule has 1 aliphatic carbocycles. The Kier molecular flexibility index (Phi) is 7.91. The van der Waals surface area contributed by atoms with Crippen LogP contribution in [0.15, 0.2) is 48.5 Å². The van der Waals surface area contributed by atoms with Gasteiger partial charge < -0.3 is 4.74 Å². The van der Waals surface area contributed by atoms with E-state index in [0.29, 0.717) is 17.2 Å². The molecule has 0 heterocycles. The van der Waals surface area contributed by atoms with Gasteiger partial charge in [-0.05, 0) is 91.7 Å². The fourth-order valence-electron chi connectivity index (χ4n) is 4.54. The number of aryl methyl sites for hydroxylation is 1. The molecular formula is C27H36O2. The molecule has 0 radical (unpaired) electrons. The third-order valence-corrected chi connectivity index (χ3v) is 6.57. The largest absolute Gasteiger partial charge is 0.423 e. The summed E-state index contributed by atoms with van der Waals surface area (Å²) < 4.78 is 5.54. The average Bonchev–Trinajstić information content (AvgIpc) is 2.76. The van der Waals surface area contributed by atoms with E-state index in [4.69, 9.17) is 4.74 Å². The first-order chi connectivity index (χ1) is 14.1. The van der Waals surface area contributed by atoms with Crippen LogP contribution in [0.3, 0.4) is 0 Å². The maximum atomic E-state index is 12.5. The average molecular weight is 393 g/mol. The van der Waals surface area contributed by atoms with Gasteiger partial charge in [-0.25, -0.2) is 4.79 Å². The van der Waals surface area contributed by atoms with Gasteiger partial charge in [-0.2, -0.15) is 0 Å². The second-order valence-corrected chi connectivity index (χ2v) is 8.87. The third-order valence-electron chi connectivity index (χ3n) is 6.57. The van der Waals surface area contributed by atoms with Gasteiger partial charge >= 0.3 is 5.97 Å². The van der Waals surface area contributed by atoms with Crippen LogP contribution in [0.25, 0.3) is 0 Å². The van der Waals surface area contributed by atoms with E-state index in [1.165, 1.54) is 49.7 Å². The number of hydrogen-bond donors (Lipinski definition) is 0. The highest BCUT2D eigenvalue weighted by atomic mass is 16.5. The maximum absolute atomic E-state index is 12.5. The molecule has 0 aromatic heterocycles. The van der Waals surface area contributed by atoms with Crippen LogP contribution < -0.4 is 4.74 Å². The minimum Gasteiger partial charge on any atom is -0.423 e. The van der Waals surface area contributed by atoms with Crippen LogP contribution >= 0.6 is 0 Å². The zero-order valence-corrected chi connectivity index (χ0v) is 18.3. The second kappa shape index (κ2) is 10.6. The number of esters is 1. The van der Waals surface area contributed by atoms with Gasteiger partial charge in [-0.3, -0.25) is 0 Å². The molecule has 0 bridgehead atoms. The van der Waals surface area contributed by atoms with Gasteiger partial charge in [0.1, 0.15) is 5.75 Å². The molecular weight excluding hydrogens is 356 g/mol. The Morgan fingerprint density at radius 2 is 1.62 bits per heavy atom. The molecule has 0 saturated heterocycles. The summed E-state index contributed by atoms with van der Waals surface area (Å²) in [4.78, 5) is 12.5. The van der Waals surface area contributed by atoms with Crippen LogP contribution in [0, 0.1) is 11.8 Å².